The predicted octanol–water partition coefficient (Wildman–Crippen LogP) is 2.61. The third-order valence-corrected chi connectivity index (χ3v) is 6.87. The van der Waals surface area contributed by atoms with Crippen molar-refractivity contribution < 1.29 is 22.7 Å². The van der Waals surface area contributed by atoms with E-state index in [2.05, 4.69) is 10.0 Å². The number of anilines is 2. The highest BCUT2D eigenvalue weighted by Gasteiger charge is 2.35. The van der Waals surface area contributed by atoms with Crippen LogP contribution in [0.4, 0.5) is 11.4 Å². The molecule has 0 bridgehead atoms. The maximum atomic E-state index is 12.7. The molecule has 0 saturated carbocycles. The van der Waals surface area contributed by atoms with Crippen molar-refractivity contribution in [2.45, 2.75) is 31.6 Å². The first kappa shape index (κ1) is 23.9. The Morgan fingerprint density at radius 3 is 2.53 bits per heavy atom. The molecule has 1 aliphatic heterocycles. The van der Waals surface area contributed by atoms with Crippen LogP contribution in [0.1, 0.15) is 24.0 Å². The molecule has 2 amide bonds. The molecule has 1 aliphatic rings. The van der Waals surface area contributed by atoms with E-state index in [-0.39, 0.29) is 29.7 Å². The van der Waals surface area contributed by atoms with Crippen molar-refractivity contribution in [1.29, 1.82) is 0 Å². The average molecular weight is 460 g/mol. The predicted molar refractivity (Wildman–Crippen MR) is 123 cm³/mol. The van der Waals surface area contributed by atoms with E-state index in [1.807, 2.05) is 32.0 Å². The molecule has 0 aromatic heterocycles. The highest BCUT2D eigenvalue weighted by Crippen LogP contribution is 2.29. The van der Waals surface area contributed by atoms with Gasteiger partial charge in [0.2, 0.25) is 21.8 Å². The lowest BCUT2D eigenvalue weighted by Crippen LogP contribution is -2.28. The van der Waals surface area contributed by atoms with Crippen LogP contribution in [0, 0.1) is 19.8 Å². The molecule has 0 spiro atoms. The third-order valence-electron chi connectivity index (χ3n) is 5.39. The Bertz CT molecular complexity index is 1080. The number of methoxy groups -OCH3 is 1. The van der Waals surface area contributed by atoms with E-state index in [0.717, 1.165) is 16.8 Å². The van der Waals surface area contributed by atoms with Gasteiger partial charge in [-0.05, 0) is 56.2 Å². The molecule has 9 heteroatoms. The molecule has 2 N–H and O–H groups in total. The minimum atomic E-state index is -3.62. The van der Waals surface area contributed by atoms with Crippen molar-refractivity contribution in [3.8, 4) is 0 Å². The Morgan fingerprint density at radius 2 is 1.88 bits per heavy atom. The minimum absolute atomic E-state index is 0.0851. The van der Waals surface area contributed by atoms with Gasteiger partial charge in [-0.25, -0.2) is 13.1 Å². The van der Waals surface area contributed by atoms with Crippen LogP contribution in [-0.4, -0.2) is 47.0 Å². The van der Waals surface area contributed by atoms with Gasteiger partial charge in [0.25, 0.3) is 0 Å². The van der Waals surface area contributed by atoms with Crippen molar-refractivity contribution in [3.63, 3.8) is 0 Å². The Labute approximate surface area is 189 Å². The van der Waals surface area contributed by atoms with Gasteiger partial charge in [-0.3, -0.25) is 9.59 Å². The smallest absolute Gasteiger partial charge is 0.240 e. The number of amides is 2. The van der Waals surface area contributed by atoms with E-state index in [1.165, 1.54) is 12.1 Å². The number of carbonyl (C=O) groups excluding carboxylic acids is 2. The van der Waals surface area contributed by atoms with Crippen molar-refractivity contribution >= 4 is 33.2 Å². The highest BCUT2D eigenvalue weighted by molar-refractivity contribution is 7.89. The number of ether oxygens (including phenoxy) is 1. The molecule has 32 heavy (non-hydrogen) atoms. The molecule has 2 aromatic rings. The third kappa shape index (κ3) is 5.73. The summed E-state index contributed by atoms with van der Waals surface area (Å²) >= 11 is 0. The first-order valence-corrected chi connectivity index (χ1v) is 12.0. The molecular formula is C23H29N3O5S. The lowest BCUT2D eigenvalue weighted by Gasteiger charge is -2.19. The summed E-state index contributed by atoms with van der Waals surface area (Å²) in [6.07, 6.45) is 0.708. The zero-order valence-electron chi connectivity index (χ0n) is 18.6. The van der Waals surface area contributed by atoms with Gasteiger partial charge in [0.1, 0.15) is 0 Å². The lowest BCUT2D eigenvalue weighted by molar-refractivity contribution is -0.122. The van der Waals surface area contributed by atoms with E-state index in [4.69, 9.17) is 4.74 Å². The Morgan fingerprint density at radius 1 is 1.16 bits per heavy atom. The van der Waals surface area contributed by atoms with Crippen molar-refractivity contribution in [1.82, 2.24) is 4.72 Å². The number of nitrogens with one attached hydrogen (secondary N) is 2. The molecule has 1 heterocycles. The van der Waals surface area contributed by atoms with Gasteiger partial charge < -0.3 is 15.0 Å². The molecule has 0 aliphatic carbocycles. The summed E-state index contributed by atoms with van der Waals surface area (Å²) < 4.78 is 32.0. The largest absolute Gasteiger partial charge is 0.385 e. The number of aryl methyl sites for hydroxylation is 2. The zero-order chi connectivity index (χ0) is 23.3. The van der Waals surface area contributed by atoms with E-state index in [0.29, 0.717) is 25.3 Å². The summed E-state index contributed by atoms with van der Waals surface area (Å²) in [5.41, 5.74) is 3.41. The number of hydrogen-bond acceptors (Lipinski definition) is 5. The average Bonchev–Trinajstić information content (AvgIpc) is 3.13. The van der Waals surface area contributed by atoms with E-state index < -0.39 is 15.9 Å². The van der Waals surface area contributed by atoms with Crippen LogP contribution in [0.15, 0.2) is 47.4 Å². The zero-order valence-corrected chi connectivity index (χ0v) is 19.4. The Balaban J connectivity index is 1.61. The van der Waals surface area contributed by atoms with Crippen LogP contribution in [0.5, 0.6) is 0 Å². The van der Waals surface area contributed by atoms with Crippen molar-refractivity contribution in [2.75, 3.05) is 37.0 Å². The first-order chi connectivity index (χ1) is 15.2. The summed E-state index contributed by atoms with van der Waals surface area (Å²) in [4.78, 5) is 27.0. The second kappa shape index (κ2) is 10.2. The number of carbonyl (C=O) groups is 2. The number of rotatable bonds is 9. The quantitative estimate of drug-likeness (QED) is 0.561. The number of nitrogens with zero attached hydrogens (tertiary/aromatic N) is 1. The second-order valence-electron chi connectivity index (χ2n) is 7.95. The standard InChI is InChI=1S/C23H29N3O5S/c1-16-5-10-21(17(2)13-16)26-15-18(14-22(26)27)23(28)25-19-6-8-20(9-7-19)32(29,30)24-11-4-12-31-3/h5-10,13,18,24H,4,11-12,14-15H2,1-3H3,(H,25,28). The monoisotopic (exact) mass is 459 g/mol. The molecule has 1 fully saturated rings. The molecule has 1 saturated heterocycles. The summed E-state index contributed by atoms with van der Waals surface area (Å²) in [5, 5.41) is 2.79. The number of sulfonamides is 1. The first-order valence-electron chi connectivity index (χ1n) is 10.5. The molecule has 1 atom stereocenters. The maximum Gasteiger partial charge on any atom is 0.240 e. The molecule has 3 rings (SSSR count). The minimum Gasteiger partial charge on any atom is -0.385 e. The summed E-state index contributed by atoms with van der Waals surface area (Å²) in [7, 11) is -2.06. The molecule has 2 aromatic carbocycles. The highest BCUT2D eigenvalue weighted by atomic mass is 32.2. The van der Waals surface area contributed by atoms with Crippen LogP contribution in [-0.2, 0) is 24.3 Å². The van der Waals surface area contributed by atoms with E-state index >= 15 is 0 Å². The summed E-state index contributed by atoms with van der Waals surface area (Å²) in [5.74, 6) is -0.828. The van der Waals surface area contributed by atoms with Crippen LogP contribution in [0.3, 0.4) is 0 Å². The lowest BCUT2D eigenvalue weighted by atomic mass is 10.1. The normalized spacial score (nSPS) is 16.4. The van der Waals surface area contributed by atoms with Gasteiger partial charge in [0.05, 0.1) is 10.8 Å². The van der Waals surface area contributed by atoms with Gasteiger partial charge in [-0.1, -0.05) is 17.7 Å². The topological polar surface area (TPSA) is 105 Å². The van der Waals surface area contributed by atoms with Crippen LogP contribution < -0.4 is 14.9 Å². The van der Waals surface area contributed by atoms with Gasteiger partial charge >= 0.3 is 0 Å². The van der Waals surface area contributed by atoms with Crippen LogP contribution >= 0.6 is 0 Å². The molecule has 8 nitrogen and oxygen atoms in total. The molecule has 0 radical (unpaired) electrons. The number of hydrogen-bond donors (Lipinski definition) is 2. The molecular weight excluding hydrogens is 430 g/mol. The van der Waals surface area contributed by atoms with Crippen molar-refractivity contribution in [2.24, 2.45) is 5.92 Å². The Hall–Kier alpha value is -2.75. The SMILES string of the molecule is COCCCNS(=O)(=O)c1ccc(NC(=O)C2CC(=O)N(c3ccc(C)cc3C)C2)cc1. The van der Waals surface area contributed by atoms with Gasteiger partial charge in [0, 0.05) is 44.6 Å². The second-order valence-corrected chi connectivity index (χ2v) is 9.72. The van der Waals surface area contributed by atoms with Crippen LogP contribution in [0.2, 0.25) is 0 Å². The fraction of sp³-hybridized carbons (Fsp3) is 0.391. The van der Waals surface area contributed by atoms with Crippen molar-refractivity contribution in [3.05, 3.63) is 53.6 Å². The molecule has 1 unspecified atom stereocenters. The fourth-order valence-corrected chi connectivity index (χ4v) is 4.77. The molecule has 172 valence electrons. The fourth-order valence-electron chi connectivity index (χ4n) is 3.69. The maximum absolute atomic E-state index is 12.7. The number of benzene rings is 2. The summed E-state index contributed by atoms with van der Waals surface area (Å²) in [6, 6.07) is 11.8. The van der Waals surface area contributed by atoms with Gasteiger partial charge in [-0.2, -0.15) is 0 Å². The van der Waals surface area contributed by atoms with Crippen LogP contribution in [0.25, 0.3) is 0 Å². The Kier molecular flexibility index (Phi) is 7.65. The van der Waals surface area contributed by atoms with E-state index in [9.17, 15) is 18.0 Å². The summed E-state index contributed by atoms with van der Waals surface area (Å²) in [6.45, 7) is 5.00. The van der Waals surface area contributed by atoms with Gasteiger partial charge in [0.15, 0.2) is 0 Å². The van der Waals surface area contributed by atoms with E-state index in [1.54, 1.807) is 24.1 Å². The van der Waals surface area contributed by atoms with Gasteiger partial charge in [-0.15, -0.1) is 0 Å².